The molecule has 0 unspecified atom stereocenters. The molecule has 0 fully saturated rings. The third-order valence-electron chi connectivity index (χ3n) is 4.48. The van der Waals surface area contributed by atoms with Gasteiger partial charge in [0.15, 0.2) is 0 Å². The van der Waals surface area contributed by atoms with E-state index < -0.39 is 36.2 Å². The highest BCUT2D eigenvalue weighted by Crippen LogP contribution is 2.19. The van der Waals surface area contributed by atoms with Crippen LogP contribution in [0.2, 0.25) is 0 Å². The van der Waals surface area contributed by atoms with Crippen LogP contribution in [0.15, 0.2) is 54.6 Å². The van der Waals surface area contributed by atoms with Crippen molar-refractivity contribution in [3.05, 3.63) is 65.7 Å². The smallest absolute Gasteiger partial charge is 0.408 e. The zero-order valence-electron chi connectivity index (χ0n) is 17.3. The molecule has 3 atom stereocenters. The standard InChI is InChI=1S/C22H26N2O7/c1-14(25)19(24-22(29)31-13-15-8-4-3-5-9-15)20(26)23-17(21(27)28)12-16-10-6-7-11-18(16)30-2/h3-11,14,17,19,25H,12-13H2,1-2H3,(H,23,26)(H,24,29)(H,27,28)/t14-,17-,19+/m1/s1. The summed E-state index contributed by atoms with van der Waals surface area (Å²) in [7, 11) is 1.46. The van der Waals surface area contributed by atoms with Gasteiger partial charge in [-0.2, -0.15) is 0 Å². The molecule has 4 N–H and O–H groups in total. The average molecular weight is 430 g/mol. The molecule has 2 amide bonds. The van der Waals surface area contributed by atoms with Crippen molar-refractivity contribution in [2.45, 2.75) is 38.1 Å². The second-order valence-corrected chi connectivity index (χ2v) is 6.84. The topological polar surface area (TPSA) is 134 Å². The molecule has 9 heteroatoms. The summed E-state index contributed by atoms with van der Waals surface area (Å²) in [4.78, 5) is 36.4. The zero-order chi connectivity index (χ0) is 22.8. The van der Waals surface area contributed by atoms with Gasteiger partial charge >= 0.3 is 12.1 Å². The Morgan fingerprint density at radius 2 is 1.65 bits per heavy atom. The highest BCUT2D eigenvalue weighted by molar-refractivity contribution is 5.89. The predicted octanol–water partition coefficient (Wildman–Crippen LogP) is 1.48. The van der Waals surface area contributed by atoms with E-state index in [0.29, 0.717) is 11.3 Å². The van der Waals surface area contributed by atoms with Crippen LogP contribution < -0.4 is 15.4 Å². The number of carbonyl (C=O) groups is 3. The Balaban J connectivity index is 2.01. The molecule has 0 aromatic heterocycles. The lowest BCUT2D eigenvalue weighted by atomic mass is 10.0. The Labute approximate surface area is 180 Å². The Morgan fingerprint density at radius 3 is 2.26 bits per heavy atom. The molecule has 0 saturated carbocycles. The van der Waals surface area contributed by atoms with Gasteiger partial charge in [-0.25, -0.2) is 9.59 Å². The monoisotopic (exact) mass is 430 g/mol. The van der Waals surface area contributed by atoms with Crippen LogP contribution in [0.25, 0.3) is 0 Å². The highest BCUT2D eigenvalue weighted by atomic mass is 16.5. The summed E-state index contributed by atoms with van der Waals surface area (Å²) < 4.78 is 10.3. The summed E-state index contributed by atoms with van der Waals surface area (Å²) in [6.45, 7) is 1.28. The minimum atomic E-state index is -1.40. The lowest BCUT2D eigenvalue weighted by Gasteiger charge is -2.23. The number of aliphatic hydroxyl groups excluding tert-OH is 1. The number of rotatable bonds is 10. The molecule has 0 radical (unpaired) electrons. The van der Waals surface area contributed by atoms with E-state index in [-0.39, 0.29) is 13.0 Å². The molecule has 2 aromatic carbocycles. The largest absolute Gasteiger partial charge is 0.496 e. The van der Waals surface area contributed by atoms with Crippen molar-refractivity contribution in [1.29, 1.82) is 0 Å². The van der Waals surface area contributed by atoms with Crippen molar-refractivity contribution in [3.63, 3.8) is 0 Å². The van der Waals surface area contributed by atoms with Gasteiger partial charge in [-0.15, -0.1) is 0 Å². The molecule has 9 nitrogen and oxygen atoms in total. The number of benzene rings is 2. The van der Waals surface area contributed by atoms with Gasteiger partial charge in [0.05, 0.1) is 13.2 Å². The molecule has 0 heterocycles. The number of alkyl carbamates (subject to hydrolysis) is 1. The van der Waals surface area contributed by atoms with E-state index in [1.54, 1.807) is 48.5 Å². The van der Waals surface area contributed by atoms with Crippen molar-refractivity contribution in [3.8, 4) is 5.75 Å². The van der Waals surface area contributed by atoms with E-state index in [2.05, 4.69) is 10.6 Å². The first-order valence-electron chi connectivity index (χ1n) is 9.62. The summed E-state index contributed by atoms with van der Waals surface area (Å²) in [5, 5.41) is 24.1. The number of aliphatic hydroxyl groups is 1. The molecular weight excluding hydrogens is 404 g/mol. The van der Waals surface area contributed by atoms with Gasteiger partial charge < -0.3 is 30.3 Å². The molecule has 2 aromatic rings. The summed E-state index contributed by atoms with van der Waals surface area (Å²) in [6.07, 6.45) is -2.25. The van der Waals surface area contributed by atoms with Crippen LogP contribution in [0, 0.1) is 0 Å². The minimum Gasteiger partial charge on any atom is -0.496 e. The van der Waals surface area contributed by atoms with Gasteiger partial charge in [-0.3, -0.25) is 4.79 Å². The van der Waals surface area contributed by atoms with Crippen LogP contribution >= 0.6 is 0 Å². The van der Waals surface area contributed by atoms with E-state index in [9.17, 15) is 24.6 Å². The van der Waals surface area contributed by atoms with Crippen LogP contribution in [-0.2, 0) is 27.4 Å². The average Bonchev–Trinajstić information content (AvgIpc) is 2.76. The van der Waals surface area contributed by atoms with E-state index in [0.717, 1.165) is 5.56 Å². The fourth-order valence-corrected chi connectivity index (χ4v) is 2.85. The molecular formula is C22H26N2O7. The number of methoxy groups -OCH3 is 1. The van der Waals surface area contributed by atoms with Gasteiger partial charge in [-0.1, -0.05) is 48.5 Å². The first-order valence-corrected chi connectivity index (χ1v) is 9.62. The molecule has 0 aliphatic carbocycles. The second kappa shape index (κ2) is 11.6. The summed E-state index contributed by atoms with van der Waals surface area (Å²) in [5.74, 6) is -1.64. The number of para-hydroxylation sites is 1. The lowest BCUT2D eigenvalue weighted by Crippen LogP contribution is -2.56. The third kappa shape index (κ3) is 7.31. The lowest BCUT2D eigenvalue weighted by molar-refractivity contribution is -0.142. The highest BCUT2D eigenvalue weighted by Gasteiger charge is 2.30. The van der Waals surface area contributed by atoms with Crippen LogP contribution in [0.1, 0.15) is 18.1 Å². The number of nitrogens with one attached hydrogen (secondary N) is 2. The Bertz CT molecular complexity index is 886. The van der Waals surface area contributed by atoms with Crippen molar-refractivity contribution >= 4 is 18.0 Å². The molecule has 0 bridgehead atoms. The van der Waals surface area contributed by atoms with Gasteiger partial charge in [0.25, 0.3) is 0 Å². The minimum absolute atomic E-state index is 0.0215. The maximum Gasteiger partial charge on any atom is 0.408 e. The first-order chi connectivity index (χ1) is 14.8. The van der Waals surface area contributed by atoms with Crippen molar-refractivity contribution in [1.82, 2.24) is 10.6 Å². The summed E-state index contributed by atoms with van der Waals surface area (Å²) in [5.41, 5.74) is 1.33. The molecule has 0 aliphatic heterocycles. The molecule has 0 aliphatic rings. The maximum atomic E-state index is 12.6. The first kappa shape index (κ1) is 23.7. The van der Waals surface area contributed by atoms with Gasteiger partial charge in [0.1, 0.15) is 24.4 Å². The van der Waals surface area contributed by atoms with E-state index in [1.807, 2.05) is 6.07 Å². The number of aliphatic carboxylic acids is 1. The predicted molar refractivity (Wildman–Crippen MR) is 111 cm³/mol. The van der Waals surface area contributed by atoms with E-state index in [1.165, 1.54) is 14.0 Å². The van der Waals surface area contributed by atoms with Gasteiger partial charge in [-0.05, 0) is 24.1 Å². The van der Waals surface area contributed by atoms with Crippen molar-refractivity contribution in [2.75, 3.05) is 7.11 Å². The Kier molecular flexibility index (Phi) is 8.83. The number of amides is 2. The molecule has 2 rings (SSSR count). The maximum absolute atomic E-state index is 12.6. The zero-order valence-corrected chi connectivity index (χ0v) is 17.3. The van der Waals surface area contributed by atoms with Crippen LogP contribution in [-0.4, -0.2) is 53.5 Å². The third-order valence-corrected chi connectivity index (χ3v) is 4.48. The Hall–Kier alpha value is -3.59. The summed E-state index contributed by atoms with van der Waals surface area (Å²) >= 11 is 0. The van der Waals surface area contributed by atoms with Crippen molar-refractivity contribution < 1.29 is 34.1 Å². The quantitative estimate of drug-likeness (QED) is 0.449. The van der Waals surface area contributed by atoms with Gasteiger partial charge in [0.2, 0.25) is 5.91 Å². The van der Waals surface area contributed by atoms with Gasteiger partial charge in [0, 0.05) is 6.42 Å². The number of carboxylic acids is 1. The molecule has 166 valence electrons. The van der Waals surface area contributed by atoms with E-state index in [4.69, 9.17) is 9.47 Å². The SMILES string of the molecule is COc1ccccc1C[C@@H](NC(=O)[C@@H](NC(=O)OCc1ccccc1)[C@@H](C)O)C(=O)O. The summed E-state index contributed by atoms with van der Waals surface area (Å²) in [6, 6.07) is 13.1. The van der Waals surface area contributed by atoms with Crippen LogP contribution in [0.3, 0.4) is 0 Å². The van der Waals surface area contributed by atoms with Crippen LogP contribution in [0.5, 0.6) is 5.75 Å². The number of carbonyl (C=O) groups excluding carboxylic acids is 2. The Morgan fingerprint density at radius 1 is 1.00 bits per heavy atom. The normalized spacial score (nSPS) is 13.4. The van der Waals surface area contributed by atoms with E-state index >= 15 is 0 Å². The number of ether oxygens (including phenoxy) is 2. The number of hydrogen-bond donors (Lipinski definition) is 4. The molecule has 0 spiro atoms. The van der Waals surface area contributed by atoms with Crippen LogP contribution in [0.4, 0.5) is 4.79 Å². The molecule has 0 saturated heterocycles. The van der Waals surface area contributed by atoms with Crippen molar-refractivity contribution in [2.24, 2.45) is 0 Å². The fourth-order valence-electron chi connectivity index (χ4n) is 2.85. The second-order valence-electron chi connectivity index (χ2n) is 6.84. The number of carboxylic acid groups (broad SMARTS) is 1. The number of hydrogen-bond acceptors (Lipinski definition) is 6. The molecule has 31 heavy (non-hydrogen) atoms. The fraction of sp³-hybridized carbons (Fsp3) is 0.318.